The fraction of sp³-hybridized carbons (Fsp3) is 0.172. The van der Waals surface area contributed by atoms with Crippen molar-refractivity contribution in [3.8, 4) is 16.9 Å². The Hall–Kier alpha value is -4.32. The predicted octanol–water partition coefficient (Wildman–Crippen LogP) is 5.90. The van der Waals surface area contributed by atoms with Crippen LogP contribution in [0.1, 0.15) is 35.1 Å². The zero-order chi connectivity index (χ0) is 24.4. The van der Waals surface area contributed by atoms with Gasteiger partial charge in [0.2, 0.25) is 0 Å². The molecule has 1 amide bonds. The number of carboxylic acids is 1. The molecule has 0 fully saturated rings. The molecule has 0 aliphatic heterocycles. The van der Waals surface area contributed by atoms with Crippen molar-refractivity contribution in [2.45, 2.75) is 18.4 Å². The number of rotatable bonds is 7. The average Bonchev–Trinajstić information content (AvgIpc) is 3.20. The number of nitrogens with one attached hydrogen (secondary N) is 1. The van der Waals surface area contributed by atoms with Crippen molar-refractivity contribution in [1.29, 1.82) is 0 Å². The molecule has 6 nitrogen and oxygen atoms in total. The smallest absolute Gasteiger partial charge is 0.407 e. The Bertz CT molecular complexity index is 1370. The van der Waals surface area contributed by atoms with Crippen LogP contribution in [0.5, 0.6) is 5.75 Å². The van der Waals surface area contributed by atoms with E-state index in [-0.39, 0.29) is 18.9 Å². The molecule has 0 radical (unpaired) electrons. The fourth-order valence-electron chi connectivity index (χ4n) is 4.80. The largest absolute Gasteiger partial charge is 0.497 e. The molecule has 6 heteroatoms. The minimum absolute atomic E-state index is 0.0678. The van der Waals surface area contributed by atoms with Crippen LogP contribution in [0, 0.1) is 0 Å². The van der Waals surface area contributed by atoms with E-state index in [4.69, 9.17) is 9.47 Å². The van der Waals surface area contributed by atoms with E-state index in [0.717, 1.165) is 38.8 Å². The van der Waals surface area contributed by atoms with Crippen molar-refractivity contribution in [3.05, 3.63) is 102 Å². The van der Waals surface area contributed by atoms with Crippen molar-refractivity contribution >= 4 is 22.8 Å². The SMILES string of the molecule is COc1ccc2cc([C@H](CC(=O)O)NC(=O)OCC3c4ccccc4-c4ccccc43)ccc2c1. The van der Waals surface area contributed by atoms with Gasteiger partial charge in [0.25, 0.3) is 0 Å². The average molecular weight is 468 g/mol. The maximum absolute atomic E-state index is 12.8. The van der Waals surface area contributed by atoms with Crippen LogP contribution in [0.3, 0.4) is 0 Å². The van der Waals surface area contributed by atoms with Crippen molar-refractivity contribution in [3.63, 3.8) is 0 Å². The first kappa shape index (κ1) is 22.5. The molecule has 0 saturated heterocycles. The summed E-state index contributed by atoms with van der Waals surface area (Å²) in [6.07, 6.45) is -0.904. The summed E-state index contributed by atoms with van der Waals surface area (Å²) < 4.78 is 10.9. The number of carbonyl (C=O) groups excluding carboxylic acids is 1. The Balaban J connectivity index is 1.33. The molecule has 1 aliphatic rings. The van der Waals surface area contributed by atoms with E-state index < -0.39 is 18.1 Å². The van der Waals surface area contributed by atoms with E-state index in [1.165, 1.54) is 0 Å². The van der Waals surface area contributed by atoms with Gasteiger partial charge >= 0.3 is 12.1 Å². The second-order valence-electron chi connectivity index (χ2n) is 8.59. The number of alkyl carbamates (subject to hydrolysis) is 1. The van der Waals surface area contributed by atoms with Gasteiger partial charge < -0.3 is 19.9 Å². The van der Waals surface area contributed by atoms with E-state index in [1.54, 1.807) is 7.11 Å². The van der Waals surface area contributed by atoms with Gasteiger partial charge in [-0.15, -0.1) is 0 Å². The number of carboxylic acid groups (broad SMARTS) is 1. The number of amides is 1. The highest BCUT2D eigenvalue weighted by atomic mass is 16.5. The minimum atomic E-state index is -1.01. The van der Waals surface area contributed by atoms with Gasteiger partial charge in [-0.2, -0.15) is 0 Å². The molecule has 0 saturated carbocycles. The van der Waals surface area contributed by atoms with Gasteiger partial charge in [0.05, 0.1) is 19.6 Å². The molecule has 1 aliphatic carbocycles. The lowest BCUT2D eigenvalue weighted by atomic mass is 9.98. The molecule has 2 N–H and O–H groups in total. The van der Waals surface area contributed by atoms with Crippen molar-refractivity contribution in [2.24, 2.45) is 0 Å². The summed E-state index contributed by atoms with van der Waals surface area (Å²) in [5, 5.41) is 14.1. The van der Waals surface area contributed by atoms with Crippen molar-refractivity contribution < 1.29 is 24.2 Å². The Kier molecular flexibility index (Phi) is 6.10. The third-order valence-electron chi connectivity index (χ3n) is 6.49. The van der Waals surface area contributed by atoms with Gasteiger partial charge in [0.15, 0.2) is 0 Å². The third-order valence-corrected chi connectivity index (χ3v) is 6.49. The molecule has 5 rings (SSSR count). The van der Waals surface area contributed by atoms with Crippen LogP contribution < -0.4 is 10.1 Å². The molecule has 1 atom stereocenters. The summed E-state index contributed by atoms with van der Waals surface area (Å²) >= 11 is 0. The maximum Gasteiger partial charge on any atom is 0.407 e. The van der Waals surface area contributed by atoms with Gasteiger partial charge in [-0.1, -0.05) is 66.7 Å². The quantitative estimate of drug-likeness (QED) is 0.353. The molecule has 0 spiro atoms. The second kappa shape index (κ2) is 9.50. The van der Waals surface area contributed by atoms with E-state index in [2.05, 4.69) is 29.6 Å². The van der Waals surface area contributed by atoms with Gasteiger partial charge in [-0.05, 0) is 56.8 Å². The number of benzene rings is 4. The van der Waals surface area contributed by atoms with Crippen LogP contribution >= 0.6 is 0 Å². The highest BCUT2D eigenvalue weighted by molar-refractivity contribution is 5.85. The lowest BCUT2D eigenvalue weighted by Gasteiger charge is -2.20. The summed E-state index contributed by atoms with van der Waals surface area (Å²) in [4.78, 5) is 24.3. The van der Waals surface area contributed by atoms with Crippen LogP contribution in [0.25, 0.3) is 21.9 Å². The van der Waals surface area contributed by atoms with Gasteiger partial charge in [0, 0.05) is 5.92 Å². The normalized spacial score (nSPS) is 13.1. The number of fused-ring (bicyclic) bond motifs is 4. The maximum atomic E-state index is 12.8. The second-order valence-corrected chi connectivity index (χ2v) is 8.59. The molecule has 0 bridgehead atoms. The molecule has 176 valence electrons. The minimum Gasteiger partial charge on any atom is -0.497 e. The van der Waals surface area contributed by atoms with Crippen LogP contribution in [-0.2, 0) is 9.53 Å². The topological polar surface area (TPSA) is 84.9 Å². The fourth-order valence-corrected chi connectivity index (χ4v) is 4.80. The summed E-state index contributed by atoms with van der Waals surface area (Å²) in [5.74, 6) is -0.338. The molecule has 4 aromatic rings. The number of methoxy groups -OCH3 is 1. The van der Waals surface area contributed by atoms with Gasteiger partial charge in [0.1, 0.15) is 12.4 Å². The Morgan fingerprint density at radius 3 is 2.17 bits per heavy atom. The number of carbonyl (C=O) groups is 2. The van der Waals surface area contributed by atoms with Crippen LogP contribution in [0.4, 0.5) is 4.79 Å². The summed E-state index contributed by atoms with van der Waals surface area (Å²) in [5.41, 5.74) is 5.22. The van der Waals surface area contributed by atoms with Crippen LogP contribution in [-0.4, -0.2) is 30.9 Å². The number of aliphatic carboxylic acids is 1. The molecule has 4 aromatic carbocycles. The van der Waals surface area contributed by atoms with Gasteiger partial charge in [-0.3, -0.25) is 4.79 Å². The van der Waals surface area contributed by atoms with Gasteiger partial charge in [-0.25, -0.2) is 4.79 Å². The molecular weight excluding hydrogens is 442 g/mol. The molecule has 0 aromatic heterocycles. The summed E-state index contributed by atoms with van der Waals surface area (Å²) in [7, 11) is 1.61. The highest BCUT2D eigenvalue weighted by Crippen LogP contribution is 2.44. The monoisotopic (exact) mass is 467 g/mol. The van der Waals surface area contributed by atoms with Crippen molar-refractivity contribution in [2.75, 3.05) is 13.7 Å². The lowest BCUT2D eigenvalue weighted by Crippen LogP contribution is -2.31. The Labute approximate surface area is 203 Å². The standard InChI is InChI=1S/C29H25NO5/c1-34-21-13-12-18-14-20(11-10-19(18)15-21)27(16-28(31)32)30-29(33)35-17-26-24-8-4-2-6-22(24)23-7-3-5-9-25(23)26/h2-15,26-27H,16-17H2,1H3,(H,30,33)(H,31,32)/t27-/m0/s1. The Morgan fingerprint density at radius 1 is 0.886 bits per heavy atom. The highest BCUT2D eigenvalue weighted by Gasteiger charge is 2.29. The third kappa shape index (κ3) is 4.55. The predicted molar refractivity (Wildman–Crippen MR) is 134 cm³/mol. The van der Waals surface area contributed by atoms with E-state index in [0.29, 0.717) is 5.56 Å². The molecule has 35 heavy (non-hydrogen) atoms. The van der Waals surface area contributed by atoms with E-state index in [9.17, 15) is 14.7 Å². The number of hydrogen-bond donors (Lipinski definition) is 2. The summed E-state index contributed by atoms with van der Waals surface area (Å²) in [6.45, 7) is 0.164. The first-order chi connectivity index (χ1) is 17.0. The lowest BCUT2D eigenvalue weighted by molar-refractivity contribution is -0.137. The Morgan fingerprint density at radius 2 is 1.51 bits per heavy atom. The first-order valence-electron chi connectivity index (χ1n) is 11.4. The zero-order valence-corrected chi connectivity index (χ0v) is 19.2. The molecule has 0 heterocycles. The number of ether oxygens (including phenoxy) is 2. The number of hydrogen-bond acceptors (Lipinski definition) is 4. The van der Waals surface area contributed by atoms with Crippen molar-refractivity contribution in [1.82, 2.24) is 5.32 Å². The molecular formula is C29H25NO5. The van der Waals surface area contributed by atoms with Crippen LogP contribution in [0.15, 0.2) is 84.9 Å². The first-order valence-corrected chi connectivity index (χ1v) is 11.4. The summed E-state index contributed by atoms with van der Waals surface area (Å²) in [6, 6.07) is 26.7. The molecule has 0 unspecified atom stereocenters. The van der Waals surface area contributed by atoms with E-state index >= 15 is 0 Å². The zero-order valence-electron chi connectivity index (χ0n) is 19.2. The van der Waals surface area contributed by atoms with Crippen LogP contribution in [0.2, 0.25) is 0 Å². The van der Waals surface area contributed by atoms with E-state index in [1.807, 2.05) is 60.7 Å².